The Labute approximate surface area is 122 Å². The van der Waals surface area contributed by atoms with Crippen LogP contribution in [0, 0.1) is 6.92 Å². The zero-order chi connectivity index (χ0) is 13.7. The monoisotopic (exact) mass is 320 g/mol. The van der Waals surface area contributed by atoms with Gasteiger partial charge in [0.1, 0.15) is 12.4 Å². The van der Waals surface area contributed by atoms with E-state index in [1.54, 1.807) is 6.20 Å². The van der Waals surface area contributed by atoms with Crippen molar-refractivity contribution in [1.29, 1.82) is 0 Å². The van der Waals surface area contributed by atoms with E-state index in [2.05, 4.69) is 40.1 Å². The minimum absolute atomic E-state index is 0.459. The van der Waals surface area contributed by atoms with Crippen LogP contribution in [0.1, 0.15) is 18.2 Å². The molecule has 0 spiro atoms. The lowest BCUT2D eigenvalue weighted by Gasteiger charge is -2.09. The number of aryl methyl sites for hydroxylation is 1. The van der Waals surface area contributed by atoms with E-state index < -0.39 is 0 Å². The number of benzene rings is 1. The summed E-state index contributed by atoms with van der Waals surface area (Å²) in [6, 6.07) is 9.99. The summed E-state index contributed by atoms with van der Waals surface area (Å²) in [6.07, 6.45) is 1.79. The van der Waals surface area contributed by atoms with E-state index in [9.17, 15) is 0 Å². The molecule has 0 aliphatic carbocycles. The van der Waals surface area contributed by atoms with Gasteiger partial charge < -0.3 is 10.1 Å². The highest BCUT2D eigenvalue weighted by Crippen LogP contribution is 2.26. The van der Waals surface area contributed by atoms with Crippen LogP contribution in [-0.4, -0.2) is 11.5 Å². The molecule has 0 saturated carbocycles. The predicted octanol–water partition coefficient (Wildman–Crippen LogP) is 4.16. The molecule has 0 atom stereocenters. The first-order chi connectivity index (χ1) is 9.19. The highest BCUT2D eigenvalue weighted by Gasteiger charge is 2.03. The maximum absolute atomic E-state index is 5.77. The second kappa shape index (κ2) is 6.57. The lowest BCUT2D eigenvalue weighted by atomic mass is 10.2. The summed E-state index contributed by atoms with van der Waals surface area (Å²) in [7, 11) is 0. The molecule has 0 unspecified atom stereocenters. The van der Waals surface area contributed by atoms with Gasteiger partial charge in [-0.05, 0) is 59.6 Å². The van der Waals surface area contributed by atoms with E-state index in [4.69, 9.17) is 4.74 Å². The van der Waals surface area contributed by atoms with E-state index in [0.717, 1.165) is 28.1 Å². The third kappa shape index (κ3) is 3.96. The van der Waals surface area contributed by atoms with Gasteiger partial charge in [0.2, 0.25) is 0 Å². The Bertz CT molecular complexity index is 558. The molecule has 2 aromatic rings. The van der Waals surface area contributed by atoms with Gasteiger partial charge in [0.25, 0.3) is 0 Å². The Balaban J connectivity index is 2.03. The Morgan fingerprint density at radius 2 is 2.11 bits per heavy atom. The molecule has 0 bridgehead atoms. The SMILES string of the molecule is CCNc1ccnc(COc2ccc(C)cc2Br)c1. The normalized spacial score (nSPS) is 10.3. The molecule has 1 N–H and O–H groups in total. The summed E-state index contributed by atoms with van der Waals surface area (Å²) in [5, 5.41) is 3.26. The molecule has 1 aromatic heterocycles. The second-order valence-corrected chi connectivity index (χ2v) is 5.14. The smallest absolute Gasteiger partial charge is 0.134 e. The molecule has 0 amide bonds. The van der Waals surface area contributed by atoms with Crippen molar-refractivity contribution in [3.8, 4) is 5.75 Å². The van der Waals surface area contributed by atoms with Gasteiger partial charge in [-0.2, -0.15) is 0 Å². The molecule has 0 fully saturated rings. The third-order valence-corrected chi connectivity index (χ3v) is 3.28. The number of anilines is 1. The second-order valence-electron chi connectivity index (χ2n) is 4.29. The number of rotatable bonds is 5. The van der Waals surface area contributed by atoms with Crippen LogP contribution in [0.4, 0.5) is 5.69 Å². The maximum atomic E-state index is 5.77. The molecule has 0 saturated heterocycles. The van der Waals surface area contributed by atoms with Gasteiger partial charge in [-0.15, -0.1) is 0 Å². The van der Waals surface area contributed by atoms with Gasteiger partial charge in [-0.25, -0.2) is 0 Å². The summed E-state index contributed by atoms with van der Waals surface area (Å²) in [6.45, 7) is 5.48. The van der Waals surface area contributed by atoms with Crippen molar-refractivity contribution in [2.24, 2.45) is 0 Å². The summed E-state index contributed by atoms with van der Waals surface area (Å²) in [4.78, 5) is 4.30. The van der Waals surface area contributed by atoms with Crippen LogP contribution in [0.2, 0.25) is 0 Å². The van der Waals surface area contributed by atoms with Crippen LogP contribution >= 0.6 is 15.9 Å². The zero-order valence-corrected chi connectivity index (χ0v) is 12.7. The molecular formula is C15H17BrN2O. The molecule has 0 radical (unpaired) electrons. The zero-order valence-electron chi connectivity index (χ0n) is 11.1. The largest absolute Gasteiger partial charge is 0.486 e. The maximum Gasteiger partial charge on any atom is 0.134 e. The number of ether oxygens (including phenoxy) is 1. The topological polar surface area (TPSA) is 34.2 Å². The van der Waals surface area contributed by atoms with Crippen LogP contribution in [0.3, 0.4) is 0 Å². The fraction of sp³-hybridized carbons (Fsp3) is 0.267. The minimum atomic E-state index is 0.459. The van der Waals surface area contributed by atoms with Crippen molar-refractivity contribution in [1.82, 2.24) is 4.98 Å². The van der Waals surface area contributed by atoms with E-state index in [0.29, 0.717) is 6.61 Å². The molecule has 0 aliphatic rings. The van der Waals surface area contributed by atoms with Crippen LogP contribution in [0.15, 0.2) is 41.0 Å². The third-order valence-electron chi connectivity index (χ3n) is 2.66. The van der Waals surface area contributed by atoms with Crippen LogP contribution in [0.5, 0.6) is 5.75 Å². The average molecular weight is 321 g/mol. The molecular weight excluding hydrogens is 304 g/mol. The standard InChI is InChI=1S/C15H17BrN2O/c1-3-17-12-6-7-18-13(9-12)10-19-15-5-4-11(2)8-14(15)16/h4-9H,3,10H2,1-2H3,(H,17,18). The van der Waals surface area contributed by atoms with Crippen molar-refractivity contribution in [3.63, 3.8) is 0 Å². The summed E-state index contributed by atoms with van der Waals surface area (Å²) in [5.74, 6) is 0.834. The number of nitrogens with zero attached hydrogens (tertiary/aromatic N) is 1. The van der Waals surface area contributed by atoms with E-state index in [1.165, 1.54) is 5.56 Å². The molecule has 1 heterocycles. The first-order valence-corrected chi connectivity index (χ1v) is 7.06. The van der Waals surface area contributed by atoms with E-state index >= 15 is 0 Å². The van der Waals surface area contributed by atoms with E-state index in [-0.39, 0.29) is 0 Å². The van der Waals surface area contributed by atoms with Crippen molar-refractivity contribution < 1.29 is 4.74 Å². The van der Waals surface area contributed by atoms with Crippen molar-refractivity contribution in [2.45, 2.75) is 20.5 Å². The highest BCUT2D eigenvalue weighted by atomic mass is 79.9. The van der Waals surface area contributed by atoms with Gasteiger partial charge in [0.05, 0.1) is 10.2 Å². The lowest BCUT2D eigenvalue weighted by molar-refractivity contribution is 0.299. The van der Waals surface area contributed by atoms with Crippen molar-refractivity contribution in [2.75, 3.05) is 11.9 Å². The van der Waals surface area contributed by atoms with E-state index in [1.807, 2.05) is 30.3 Å². The van der Waals surface area contributed by atoms with Crippen molar-refractivity contribution in [3.05, 3.63) is 52.3 Å². The Morgan fingerprint density at radius 3 is 2.84 bits per heavy atom. The van der Waals surface area contributed by atoms with Gasteiger partial charge >= 0.3 is 0 Å². The lowest BCUT2D eigenvalue weighted by Crippen LogP contribution is -2.02. The Morgan fingerprint density at radius 1 is 1.26 bits per heavy atom. The molecule has 1 aromatic carbocycles. The number of halogens is 1. The molecule has 3 nitrogen and oxygen atoms in total. The summed E-state index contributed by atoms with van der Waals surface area (Å²) in [5.41, 5.74) is 3.18. The van der Waals surface area contributed by atoms with Gasteiger partial charge in [0.15, 0.2) is 0 Å². The molecule has 19 heavy (non-hydrogen) atoms. The fourth-order valence-electron chi connectivity index (χ4n) is 1.75. The number of hydrogen-bond acceptors (Lipinski definition) is 3. The average Bonchev–Trinajstić information content (AvgIpc) is 2.38. The van der Waals surface area contributed by atoms with Gasteiger partial charge in [0, 0.05) is 18.4 Å². The Kier molecular flexibility index (Phi) is 4.80. The Hall–Kier alpha value is -1.55. The molecule has 0 aliphatic heterocycles. The first kappa shape index (κ1) is 13.9. The first-order valence-electron chi connectivity index (χ1n) is 6.27. The molecule has 4 heteroatoms. The number of hydrogen-bond donors (Lipinski definition) is 1. The number of nitrogens with one attached hydrogen (secondary N) is 1. The van der Waals surface area contributed by atoms with Gasteiger partial charge in [-0.3, -0.25) is 4.98 Å². The highest BCUT2D eigenvalue weighted by molar-refractivity contribution is 9.10. The van der Waals surface area contributed by atoms with Crippen LogP contribution in [0.25, 0.3) is 0 Å². The van der Waals surface area contributed by atoms with Gasteiger partial charge in [-0.1, -0.05) is 6.07 Å². The molecule has 2 rings (SSSR count). The summed E-state index contributed by atoms with van der Waals surface area (Å²) < 4.78 is 6.74. The fourth-order valence-corrected chi connectivity index (χ4v) is 2.35. The van der Waals surface area contributed by atoms with Crippen molar-refractivity contribution >= 4 is 21.6 Å². The quantitative estimate of drug-likeness (QED) is 0.898. The van der Waals surface area contributed by atoms with Crippen LogP contribution < -0.4 is 10.1 Å². The minimum Gasteiger partial charge on any atom is -0.486 e. The number of aromatic nitrogens is 1. The van der Waals surface area contributed by atoms with Crippen LogP contribution in [-0.2, 0) is 6.61 Å². The predicted molar refractivity (Wildman–Crippen MR) is 81.6 cm³/mol. The molecule has 100 valence electrons. The number of pyridine rings is 1. The summed E-state index contributed by atoms with van der Waals surface area (Å²) >= 11 is 3.50.